The summed E-state index contributed by atoms with van der Waals surface area (Å²) in [5.74, 6) is -0.741. The minimum atomic E-state index is -4.77. The Kier molecular flexibility index (Phi) is 5.64. The summed E-state index contributed by atoms with van der Waals surface area (Å²) in [4.78, 5) is 28.0. The van der Waals surface area contributed by atoms with Crippen LogP contribution in [-0.4, -0.2) is 29.4 Å². The van der Waals surface area contributed by atoms with E-state index in [0.717, 1.165) is 12.6 Å². The normalized spacial score (nSPS) is 14.8. The Morgan fingerprint density at radius 2 is 1.83 bits per heavy atom. The molecule has 7 nitrogen and oxygen atoms in total. The summed E-state index contributed by atoms with van der Waals surface area (Å²) >= 11 is 0. The first-order chi connectivity index (χ1) is 14.2. The van der Waals surface area contributed by atoms with Gasteiger partial charge in [0.2, 0.25) is 5.91 Å². The molecule has 0 spiro atoms. The maximum absolute atomic E-state index is 13.1. The number of nitrogens with zero attached hydrogens (tertiary/aromatic N) is 2. The first kappa shape index (κ1) is 21.1. The molecule has 0 atom stereocenters. The highest BCUT2D eigenvalue weighted by Crippen LogP contribution is 2.37. The van der Waals surface area contributed by atoms with Crippen LogP contribution in [0.2, 0.25) is 0 Å². The van der Waals surface area contributed by atoms with Crippen molar-refractivity contribution in [1.29, 1.82) is 5.26 Å². The Labute approximate surface area is 170 Å². The molecule has 1 fully saturated rings. The van der Waals surface area contributed by atoms with Crippen molar-refractivity contribution in [2.45, 2.75) is 31.0 Å². The van der Waals surface area contributed by atoms with E-state index in [1.54, 1.807) is 24.3 Å². The number of carbonyl (C=O) groups excluding carboxylic acids is 2. The average Bonchev–Trinajstić information content (AvgIpc) is 2.69. The van der Waals surface area contributed by atoms with Crippen LogP contribution in [0.3, 0.4) is 0 Å². The van der Waals surface area contributed by atoms with Crippen LogP contribution in [0.4, 0.5) is 24.5 Å². The first-order valence-electron chi connectivity index (χ1n) is 9.08. The van der Waals surface area contributed by atoms with E-state index in [1.165, 1.54) is 13.1 Å². The number of nitrogens with one attached hydrogen (secondary N) is 3. The lowest BCUT2D eigenvalue weighted by molar-refractivity contribution is -0.138. The third-order valence-electron chi connectivity index (χ3n) is 4.96. The predicted octanol–water partition coefficient (Wildman–Crippen LogP) is 3.30. The van der Waals surface area contributed by atoms with Crippen molar-refractivity contribution in [2.75, 3.05) is 17.7 Å². The van der Waals surface area contributed by atoms with Crippen molar-refractivity contribution >= 4 is 23.2 Å². The number of pyridine rings is 1. The van der Waals surface area contributed by atoms with Gasteiger partial charge in [0.1, 0.15) is 11.6 Å². The van der Waals surface area contributed by atoms with Crippen LogP contribution < -0.4 is 16.0 Å². The molecule has 0 bridgehead atoms. The monoisotopic (exact) mass is 417 g/mol. The van der Waals surface area contributed by atoms with E-state index in [0.29, 0.717) is 30.2 Å². The predicted molar refractivity (Wildman–Crippen MR) is 103 cm³/mol. The van der Waals surface area contributed by atoms with Gasteiger partial charge in [-0.1, -0.05) is 0 Å². The van der Waals surface area contributed by atoms with Crippen molar-refractivity contribution in [1.82, 2.24) is 10.3 Å². The standard InChI is InChI=1S/C20H18F3N5O2/c1-25-17(29)12-3-5-13(6-4-12)28-19(7-2-8-19)18(30)27-14-9-15(20(21,22)23)16(10-24)26-11-14/h3-6,9,11,28H,2,7-8H2,1H3,(H,25,29)(H,27,30). The second-order valence-corrected chi connectivity index (χ2v) is 6.90. The fourth-order valence-electron chi connectivity index (χ4n) is 3.15. The van der Waals surface area contributed by atoms with E-state index in [9.17, 15) is 22.8 Å². The Hall–Kier alpha value is -3.61. The summed E-state index contributed by atoms with van der Waals surface area (Å²) in [6.07, 6.45) is -1.98. The van der Waals surface area contributed by atoms with Crippen LogP contribution in [0.15, 0.2) is 36.5 Å². The Bertz CT molecular complexity index is 1010. The molecule has 1 aromatic heterocycles. The number of carbonyl (C=O) groups is 2. The van der Waals surface area contributed by atoms with Crippen molar-refractivity contribution in [2.24, 2.45) is 0 Å². The minimum Gasteiger partial charge on any atom is -0.371 e. The topological polar surface area (TPSA) is 107 Å². The molecule has 0 unspecified atom stereocenters. The Morgan fingerprint density at radius 1 is 1.17 bits per heavy atom. The van der Waals surface area contributed by atoms with Gasteiger partial charge in [-0.15, -0.1) is 0 Å². The van der Waals surface area contributed by atoms with Gasteiger partial charge >= 0.3 is 6.18 Å². The van der Waals surface area contributed by atoms with Crippen LogP contribution in [0.1, 0.15) is 40.9 Å². The summed E-state index contributed by atoms with van der Waals surface area (Å²) in [6.45, 7) is 0. The highest BCUT2D eigenvalue weighted by molar-refractivity contribution is 6.01. The number of rotatable bonds is 5. The van der Waals surface area contributed by atoms with Gasteiger partial charge in [-0.25, -0.2) is 4.98 Å². The largest absolute Gasteiger partial charge is 0.419 e. The smallest absolute Gasteiger partial charge is 0.371 e. The second-order valence-electron chi connectivity index (χ2n) is 6.90. The number of amides is 2. The lowest BCUT2D eigenvalue weighted by Crippen LogP contribution is -2.54. The zero-order valence-electron chi connectivity index (χ0n) is 15.9. The summed E-state index contributed by atoms with van der Waals surface area (Å²) in [7, 11) is 1.52. The molecule has 2 aromatic rings. The van der Waals surface area contributed by atoms with E-state index in [2.05, 4.69) is 20.9 Å². The number of halogens is 3. The molecule has 1 saturated carbocycles. The highest BCUT2D eigenvalue weighted by atomic mass is 19.4. The molecule has 1 aliphatic rings. The zero-order valence-corrected chi connectivity index (χ0v) is 15.9. The molecule has 1 aromatic carbocycles. The fourth-order valence-corrected chi connectivity index (χ4v) is 3.15. The Morgan fingerprint density at radius 3 is 2.33 bits per heavy atom. The van der Waals surface area contributed by atoms with Gasteiger partial charge < -0.3 is 16.0 Å². The molecule has 156 valence electrons. The molecule has 1 aliphatic carbocycles. The van der Waals surface area contributed by atoms with Gasteiger partial charge in [0.15, 0.2) is 5.69 Å². The first-order valence-corrected chi connectivity index (χ1v) is 9.08. The molecule has 0 saturated heterocycles. The number of hydrogen-bond acceptors (Lipinski definition) is 5. The van der Waals surface area contributed by atoms with E-state index in [-0.39, 0.29) is 11.6 Å². The highest BCUT2D eigenvalue weighted by Gasteiger charge is 2.44. The lowest BCUT2D eigenvalue weighted by Gasteiger charge is -2.41. The molecular weight excluding hydrogens is 399 g/mol. The summed E-state index contributed by atoms with van der Waals surface area (Å²) in [5, 5.41) is 16.9. The van der Waals surface area contributed by atoms with Crippen molar-refractivity contribution in [3.63, 3.8) is 0 Å². The van der Waals surface area contributed by atoms with Gasteiger partial charge in [0, 0.05) is 18.3 Å². The third kappa shape index (κ3) is 4.20. The fraction of sp³-hybridized carbons (Fsp3) is 0.300. The van der Waals surface area contributed by atoms with Crippen LogP contribution >= 0.6 is 0 Å². The van der Waals surface area contributed by atoms with Crippen molar-refractivity contribution in [3.8, 4) is 6.07 Å². The molecule has 3 rings (SSSR count). The molecule has 3 N–H and O–H groups in total. The van der Waals surface area contributed by atoms with Crippen molar-refractivity contribution in [3.05, 3.63) is 53.3 Å². The quantitative estimate of drug-likeness (QED) is 0.692. The lowest BCUT2D eigenvalue weighted by atomic mass is 9.75. The summed E-state index contributed by atoms with van der Waals surface area (Å²) in [6, 6.07) is 8.62. The van der Waals surface area contributed by atoms with Gasteiger partial charge in [0.05, 0.1) is 17.4 Å². The van der Waals surface area contributed by atoms with Crippen LogP contribution in [0.25, 0.3) is 0 Å². The molecular formula is C20H18F3N5O2. The third-order valence-corrected chi connectivity index (χ3v) is 4.96. The Balaban J connectivity index is 1.78. The number of nitriles is 1. The maximum atomic E-state index is 13.1. The number of aromatic nitrogens is 1. The molecule has 30 heavy (non-hydrogen) atoms. The summed E-state index contributed by atoms with van der Waals surface area (Å²) in [5.41, 5.74) is -2.03. The second kappa shape index (κ2) is 8.02. The van der Waals surface area contributed by atoms with Crippen molar-refractivity contribution < 1.29 is 22.8 Å². The molecule has 2 amide bonds. The molecule has 0 aliphatic heterocycles. The van der Waals surface area contributed by atoms with Gasteiger partial charge in [0.25, 0.3) is 5.91 Å². The number of anilines is 2. The van der Waals surface area contributed by atoms with Gasteiger partial charge in [-0.05, 0) is 49.6 Å². The van der Waals surface area contributed by atoms with E-state index in [4.69, 9.17) is 5.26 Å². The van der Waals surface area contributed by atoms with E-state index < -0.39 is 28.9 Å². The SMILES string of the molecule is CNC(=O)c1ccc(NC2(C(=O)Nc3cnc(C#N)c(C(F)(F)F)c3)CCC2)cc1. The molecule has 1 heterocycles. The van der Waals surface area contributed by atoms with Crippen LogP contribution in [-0.2, 0) is 11.0 Å². The number of hydrogen-bond donors (Lipinski definition) is 3. The number of benzene rings is 1. The van der Waals surface area contributed by atoms with Gasteiger partial charge in [-0.3, -0.25) is 9.59 Å². The van der Waals surface area contributed by atoms with Crippen LogP contribution in [0.5, 0.6) is 0 Å². The van der Waals surface area contributed by atoms with Gasteiger partial charge in [-0.2, -0.15) is 18.4 Å². The molecule has 0 radical (unpaired) electrons. The zero-order chi connectivity index (χ0) is 21.9. The maximum Gasteiger partial charge on any atom is 0.419 e. The minimum absolute atomic E-state index is 0.144. The van der Waals surface area contributed by atoms with E-state index >= 15 is 0 Å². The average molecular weight is 417 g/mol. The van der Waals surface area contributed by atoms with E-state index in [1.807, 2.05) is 0 Å². The molecule has 10 heteroatoms. The summed E-state index contributed by atoms with van der Waals surface area (Å²) < 4.78 is 39.4. The number of alkyl halides is 3. The van der Waals surface area contributed by atoms with Crippen LogP contribution in [0, 0.1) is 11.3 Å².